The summed E-state index contributed by atoms with van der Waals surface area (Å²) in [5, 5.41) is 4.19. The normalized spacial score (nSPS) is 14.6. The highest BCUT2D eigenvalue weighted by Gasteiger charge is 2.17. The molecule has 110 valence electrons. The van der Waals surface area contributed by atoms with Crippen molar-refractivity contribution in [2.24, 2.45) is 0 Å². The van der Waals surface area contributed by atoms with Crippen LogP contribution in [0, 0.1) is 0 Å². The smallest absolute Gasteiger partial charge is 0.122 e. The van der Waals surface area contributed by atoms with Gasteiger partial charge in [-0.1, -0.05) is 45.7 Å². The number of ether oxygens (including phenoxy) is 1. The molecule has 0 bridgehead atoms. The molecule has 0 radical (unpaired) electrons. The zero-order chi connectivity index (χ0) is 14.8. The third kappa shape index (κ3) is 3.25. The van der Waals surface area contributed by atoms with Crippen LogP contribution in [0.25, 0.3) is 0 Å². The second-order valence-corrected chi connectivity index (χ2v) is 6.57. The molecule has 4 heteroatoms. The highest BCUT2D eigenvalue weighted by atomic mass is 79.9. The fraction of sp³-hybridized carbons (Fsp3) is 0.294. The average molecular weight is 367 g/mol. The number of fused-ring (bicyclic) bond motifs is 1. The molecule has 0 saturated heterocycles. The van der Waals surface area contributed by atoms with Gasteiger partial charge in [-0.05, 0) is 48.4 Å². The molecule has 1 heterocycles. The van der Waals surface area contributed by atoms with Crippen molar-refractivity contribution in [2.45, 2.75) is 18.9 Å². The molecule has 1 unspecified atom stereocenters. The van der Waals surface area contributed by atoms with E-state index < -0.39 is 0 Å². The summed E-state index contributed by atoms with van der Waals surface area (Å²) in [7, 11) is 1.99. The van der Waals surface area contributed by atoms with Gasteiger partial charge in [-0.3, -0.25) is 0 Å². The van der Waals surface area contributed by atoms with E-state index in [2.05, 4.69) is 45.5 Å². The van der Waals surface area contributed by atoms with Crippen LogP contribution in [-0.2, 0) is 12.8 Å². The zero-order valence-electron chi connectivity index (χ0n) is 11.8. The van der Waals surface area contributed by atoms with Gasteiger partial charge in [0.2, 0.25) is 0 Å². The summed E-state index contributed by atoms with van der Waals surface area (Å²) in [5.41, 5.74) is 3.73. The number of nitrogens with one attached hydrogen (secondary N) is 1. The molecule has 1 atom stereocenters. The van der Waals surface area contributed by atoms with E-state index in [9.17, 15) is 0 Å². The molecule has 0 aromatic heterocycles. The molecular weight excluding hydrogens is 350 g/mol. The molecule has 1 N–H and O–H groups in total. The van der Waals surface area contributed by atoms with Crippen LogP contribution >= 0.6 is 27.5 Å². The van der Waals surface area contributed by atoms with Crippen LogP contribution in [0.3, 0.4) is 0 Å². The Kier molecular flexibility index (Phi) is 4.53. The topological polar surface area (TPSA) is 21.3 Å². The van der Waals surface area contributed by atoms with Crippen molar-refractivity contribution < 1.29 is 4.74 Å². The quantitative estimate of drug-likeness (QED) is 0.857. The van der Waals surface area contributed by atoms with Crippen LogP contribution < -0.4 is 10.1 Å². The van der Waals surface area contributed by atoms with Gasteiger partial charge in [-0.15, -0.1) is 0 Å². The third-order valence-electron chi connectivity index (χ3n) is 3.90. The number of hydrogen-bond donors (Lipinski definition) is 1. The lowest BCUT2D eigenvalue weighted by molar-refractivity contribution is 0.356. The van der Waals surface area contributed by atoms with Gasteiger partial charge >= 0.3 is 0 Å². The number of benzene rings is 2. The number of hydrogen-bond acceptors (Lipinski definition) is 2. The van der Waals surface area contributed by atoms with Crippen molar-refractivity contribution in [3.8, 4) is 5.75 Å². The molecule has 0 amide bonds. The summed E-state index contributed by atoms with van der Waals surface area (Å²) in [6, 6.07) is 12.8. The fourth-order valence-corrected chi connectivity index (χ4v) is 3.47. The predicted octanol–water partition coefficient (Wildman–Crippen LogP) is 4.54. The molecule has 1 aliphatic rings. The minimum Gasteiger partial charge on any atom is -0.493 e. The van der Waals surface area contributed by atoms with Gasteiger partial charge in [-0.2, -0.15) is 0 Å². The van der Waals surface area contributed by atoms with E-state index in [1.54, 1.807) is 0 Å². The van der Waals surface area contributed by atoms with Crippen LogP contribution in [0.4, 0.5) is 0 Å². The SMILES string of the molecule is CNC(Cc1ccc(Br)cc1Cl)c1ccc2c(c1)CCO2. The monoisotopic (exact) mass is 365 g/mol. The first-order chi connectivity index (χ1) is 10.2. The lowest BCUT2D eigenvalue weighted by Crippen LogP contribution is -2.19. The maximum Gasteiger partial charge on any atom is 0.122 e. The third-order valence-corrected chi connectivity index (χ3v) is 4.75. The summed E-state index contributed by atoms with van der Waals surface area (Å²) in [6.07, 6.45) is 1.86. The Bertz CT molecular complexity index is 659. The molecule has 2 nitrogen and oxygen atoms in total. The fourth-order valence-electron chi connectivity index (χ4n) is 2.72. The van der Waals surface area contributed by atoms with E-state index >= 15 is 0 Å². The second kappa shape index (κ2) is 6.39. The molecule has 0 spiro atoms. The van der Waals surface area contributed by atoms with E-state index in [1.165, 1.54) is 11.1 Å². The maximum atomic E-state index is 6.33. The van der Waals surface area contributed by atoms with Crippen LogP contribution in [0.2, 0.25) is 5.02 Å². The molecular formula is C17H17BrClNO. The number of halogens is 2. The Morgan fingerprint density at radius 1 is 1.29 bits per heavy atom. The molecule has 3 rings (SSSR count). The van der Waals surface area contributed by atoms with Crippen LogP contribution in [0.5, 0.6) is 5.75 Å². The van der Waals surface area contributed by atoms with Gasteiger partial charge in [0.15, 0.2) is 0 Å². The number of likely N-dealkylation sites (N-methyl/N-ethyl adjacent to an activating group) is 1. The molecule has 2 aromatic carbocycles. The minimum atomic E-state index is 0.245. The van der Waals surface area contributed by atoms with E-state index in [0.29, 0.717) is 0 Å². The minimum absolute atomic E-state index is 0.245. The Morgan fingerprint density at radius 2 is 2.14 bits per heavy atom. The lowest BCUT2D eigenvalue weighted by Gasteiger charge is -2.18. The highest BCUT2D eigenvalue weighted by molar-refractivity contribution is 9.10. The first-order valence-electron chi connectivity index (χ1n) is 7.04. The lowest BCUT2D eigenvalue weighted by atomic mass is 9.97. The van der Waals surface area contributed by atoms with Gasteiger partial charge < -0.3 is 10.1 Å². The van der Waals surface area contributed by atoms with Crippen molar-refractivity contribution in [1.82, 2.24) is 5.32 Å². The van der Waals surface area contributed by atoms with Crippen molar-refractivity contribution in [3.63, 3.8) is 0 Å². The highest BCUT2D eigenvalue weighted by Crippen LogP contribution is 2.31. The van der Waals surface area contributed by atoms with Crippen molar-refractivity contribution in [3.05, 3.63) is 62.6 Å². The van der Waals surface area contributed by atoms with Crippen LogP contribution in [-0.4, -0.2) is 13.7 Å². The Hall–Kier alpha value is -1.03. The molecule has 2 aromatic rings. The van der Waals surface area contributed by atoms with E-state index in [1.807, 2.05) is 19.2 Å². The van der Waals surface area contributed by atoms with Gasteiger partial charge in [-0.25, -0.2) is 0 Å². The summed E-state index contributed by atoms with van der Waals surface area (Å²) in [6.45, 7) is 0.793. The van der Waals surface area contributed by atoms with E-state index in [4.69, 9.17) is 16.3 Å². The molecule has 1 aliphatic heterocycles. The van der Waals surface area contributed by atoms with Crippen molar-refractivity contribution in [2.75, 3.05) is 13.7 Å². The zero-order valence-corrected chi connectivity index (χ0v) is 14.2. The summed E-state index contributed by atoms with van der Waals surface area (Å²) in [4.78, 5) is 0. The van der Waals surface area contributed by atoms with E-state index in [0.717, 1.165) is 40.3 Å². The molecule has 0 aliphatic carbocycles. The van der Waals surface area contributed by atoms with Crippen LogP contribution in [0.1, 0.15) is 22.7 Å². The predicted molar refractivity (Wildman–Crippen MR) is 90.3 cm³/mol. The Labute approximate surface area is 138 Å². The van der Waals surface area contributed by atoms with Crippen molar-refractivity contribution >= 4 is 27.5 Å². The standard InChI is InChI=1S/C17H17BrClNO/c1-20-16(9-11-2-4-14(18)10-15(11)19)12-3-5-17-13(8-12)6-7-21-17/h2-5,8,10,16,20H,6-7,9H2,1H3. The first-order valence-corrected chi connectivity index (χ1v) is 8.21. The summed E-state index contributed by atoms with van der Waals surface area (Å²) in [5.74, 6) is 1.02. The van der Waals surface area contributed by atoms with E-state index in [-0.39, 0.29) is 6.04 Å². The molecule has 0 fully saturated rings. The summed E-state index contributed by atoms with van der Waals surface area (Å²) < 4.78 is 6.58. The Balaban J connectivity index is 1.85. The molecule has 0 saturated carbocycles. The molecule has 21 heavy (non-hydrogen) atoms. The average Bonchev–Trinajstić information content (AvgIpc) is 2.94. The Morgan fingerprint density at radius 3 is 2.90 bits per heavy atom. The first kappa shape index (κ1) is 14.9. The van der Waals surface area contributed by atoms with Crippen molar-refractivity contribution in [1.29, 1.82) is 0 Å². The van der Waals surface area contributed by atoms with Gasteiger partial charge in [0, 0.05) is 22.0 Å². The van der Waals surface area contributed by atoms with Crippen LogP contribution in [0.15, 0.2) is 40.9 Å². The number of rotatable bonds is 4. The van der Waals surface area contributed by atoms with Gasteiger partial charge in [0.25, 0.3) is 0 Å². The van der Waals surface area contributed by atoms with Gasteiger partial charge in [0.1, 0.15) is 5.75 Å². The van der Waals surface area contributed by atoms with Gasteiger partial charge in [0.05, 0.1) is 6.61 Å². The second-order valence-electron chi connectivity index (χ2n) is 5.25. The summed E-state index contributed by atoms with van der Waals surface area (Å²) >= 11 is 9.78. The largest absolute Gasteiger partial charge is 0.493 e. The maximum absolute atomic E-state index is 6.33.